The molecular weight excluding hydrogens is 372 g/mol. The predicted molar refractivity (Wildman–Crippen MR) is 109 cm³/mol. The van der Waals surface area contributed by atoms with Crippen molar-refractivity contribution in [2.24, 2.45) is 0 Å². The molecule has 1 heterocycles. The van der Waals surface area contributed by atoms with Gasteiger partial charge in [0, 0.05) is 29.2 Å². The fourth-order valence-corrected chi connectivity index (χ4v) is 4.44. The van der Waals surface area contributed by atoms with Crippen molar-refractivity contribution in [2.75, 3.05) is 27.3 Å². The molecule has 2 N–H and O–H groups in total. The SMILES string of the molecule is COc1ccc2sc(C(=O)NCCNC3CCCCC3)c(OC)c2c1.Cl. The molecule has 1 aliphatic carbocycles. The first-order chi connectivity index (χ1) is 12.2. The number of thiophene rings is 1. The summed E-state index contributed by atoms with van der Waals surface area (Å²) in [6, 6.07) is 6.38. The Labute approximate surface area is 164 Å². The molecule has 7 heteroatoms. The van der Waals surface area contributed by atoms with Gasteiger partial charge in [-0.1, -0.05) is 19.3 Å². The second-order valence-electron chi connectivity index (χ2n) is 6.37. The molecule has 26 heavy (non-hydrogen) atoms. The third-order valence-electron chi connectivity index (χ3n) is 4.71. The summed E-state index contributed by atoms with van der Waals surface area (Å²) >= 11 is 1.45. The van der Waals surface area contributed by atoms with Crippen LogP contribution in [0, 0.1) is 0 Å². The van der Waals surface area contributed by atoms with E-state index in [0.717, 1.165) is 22.4 Å². The Balaban J connectivity index is 0.00000243. The van der Waals surface area contributed by atoms with E-state index in [4.69, 9.17) is 9.47 Å². The third kappa shape index (κ3) is 4.81. The Morgan fingerprint density at radius 3 is 2.62 bits per heavy atom. The molecule has 1 saturated carbocycles. The number of ether oxygens (including phenoxy) is 2. The van der Waals surface area contributed by atoms with E-state index in [1.165, 1.54) is 43.4 Å². The zero-order valence-electron chi connectivity index (χ0n) is 15.3. The Bertz CT molecular complexity index is 729. The average Bonchev–Trinajstić information content (AvgIpc) is 3.03. The Kier molecular flexibility index (Phi) is 8.00. The number of rotatable bonds is 7. The normalized spacial score (nSPS) is 14.7. The van der Waals surface area contributed by atoms with Gasteiger partial charge < -0.3 is 20.1 Å². The molecule has 3 rings (SSSR count). The largest absolute Gasteiger partial charge is 0.497 e. The monoisotopic (exact) mass is 398 g/mol. The van der Waals surface area contributed by atoms with Crippen molar-refractivity contribution in [1.82, 2.24) is 10.6 Å². The number of methoxy groups -OCH3 is 2. The van der Waals surface area contributed by atoms with E-state index < -0.39 is 0 Å². The molecule has 1 amide bonds. The van der Waals surface area contributed by atoms with Crippen molar-refractivity contribution in [3.05, 3.63) is 23.1 Å². The summed E-state index contributed by atoms with van der Waals surface area (Å²) in [6.45, 7) is 1.42. The van der Waals surface area contributed by atoms with Gasteiger partial charge in [-0.15, -0.1) is 23.7 Å². The lowest BCUT2D eigenvalue weighted by Gasteiger charge is -2.22. The van der Waals surface area contributed by atoms with Crippen LogP contribution in [-0.2, 0) is 0 Å². The van der Waals surface area contributed by atoms with Crippen molar-refractivity contribution in [2.45, 2.75) is 38.1 Å². The highest BCUT2D eigenvalue weighted by atomic mass is 35.5. The first-order valence-electron chi connectivity index (χ1n) is 8.89. The highest BCUT2D eigenvalue weighted by Gasteiger charge is 2.20. The maximum Gasteiger partial charge on any atom is 0.265 e. The van der Waals surface area contributed by atoms with Crippen LogP contribution >= 0.6 is 23.7 Å². The number of hydrogen-bond donors (Lipinski definition) is 2. The van der Waals surface area contributed by atoms with Gasteiger partial charge in [-0.2, -0.15) is 0 Å². The number of fused-ring (bicyclic) bond motifs is 1. The molecule has 0 aliphatic heterocycles. The van der Waals surface area contributed by atoms with E-state index in [0.29, 0.717) is 23.2 Å². The minimum atomic E-state index is -0.0811. The van der Waals surface area contributed by atoms with Crippen LogP contribution in [0.2, 0.25) is 0 Å². The number of amides is 1. The van der Waals surface area contributed by atoms with Gasteiger partial charge in [0.2, 0.25) is 0 Å². The van der Waals surface area contributed by atoms with Gasteiger partial charge in [0.05, 0.1) is 14.2 Å². The molecular formula is C19H27ClN2O3S. The van der Waals surface area contributed by atoms with Crippen LogP contribution in [0.25, 0.3) is 10.1 Å². The van der Waals surface area contributed by atoms with Crippen LogP contribution < -0.4 is 20.1 Å². The summed E-state index contributed by atoms with van der Waals surface area (Å²) < 4.78 is 11.8. The first kappa shape index (κ1) is 20.8. The molecule has 0 unspecified atom stereocenters. The van der Waals surface area contributed by atoms with Crippen molar-refractivity contribution < 1.29 is 14.3 Å². The lowest BCUT2D eigenvalue weighted by molar-refractivity contribution is 0.0955. The Morgan fingerprint density at radius 1 is 1.15 bits per heavy atom. The molecule has 0 spiro atoms. The highest BCUT2D eigenvalue weighted by Crippen LogP contribution is 2.39. The lowest BCUT2D eigenvalue weighted by Crippen LogP contribution is -2.37. The van der Waals surface area contributed by atoms with E-state index in [2.05, 4.69) is 10.6 Å². The minimum Gasteiger partial charge on any atom is -0.497 e. The number of carbonyl (C=O) groups excluding carboxylic acids is 1. The fraction of sp³-hybridized carbons (Fsp3) is 0.526. The second kappa shape index (κ2) is 10.00. The summed E-state index contributed by atoms with van der Waals surface area (Å²) in [5.74, 6) is 1.30. The smallest absolute Gasteiger partial charge is 0.265 e. The zero-order chi connectivity index (χ0) is 17.6. The molecule has 144 valence electrons. The van der Waals surface area contributed by atoms with Gasteiger partial charge in [-0.3, -0.25) is 4.79 Å². The van der Waals surface area contributed by atoms with E-state index in [9.17, 15) is 4.79 Å². The first-order valence-corrected chi connectivity index (χ1v) is 9.70. The lowest BCUT2D eigenvalue weighted by atomic mass is 9.95. The van der Waals surface area contributed by atoms with Crippen LogP contribution in [0.15, 0.2) is 18.2 Å². The van der Waals surface area contributed by atoms with Crippen LogP contribution in [-0.4, -0.2) is 39.3 Å². The van der Waals surface area contributed by atoms with E-state index in [1.54, 1.807) is 14.2 Å². The molecule has 1 fully saturated rings. The molecule has 0 radical (unpaired) electrons. The maximum atomic E-state index is 12.6. The Morgan fingerprint density at radius 2 is 1.92 bits per heavy atom. The van der Waals surface area contributed by atoms with E-state index in [-0.39, 0.29) is 18.3 Å². The predicted octanol–water partition coefficient (Wildman–Crippen LogP) is 3.99. The molecule has 0 bridgehead atoms. The maximum absolute atomic E-state index is 12.6. The fourth-order valence-electron chi connectivity index (χ4n) is 3.37. The van der Waals surface area contributed by atoms with Crippen molar-refractivity contribution in [3.8, 4) is 11.5 Å². The molecule has 5 nitrogen and oxygen atoms in total. The molecule has 2 aromatic rings. The summed E-state index contributed by atoms with van der Waals surface area (Å²) in [7, 11) is 3.23. The van der Waals surface area contributed by atoms with Crippen LogP contribution in [0.3, 0.4) is 0 Å². The molecule has 0 atom stereocenters. The number of benzene rings is 1. The Hall–Kier alpha value is -1.50. The molecule has 1 aromatic heterocycles. The van der Waals surface area contributed by atoms with Crippen molar-refractivity contribution >= 4 is 39.7 Å². The summed E-state index contributed by atoms with van der Waals surface area (Å²) in [5.41, 5.74) is 0. The van der Waals surface area contributed by atoms with Crippen molar-refractivity contribution in [3.63, 3.8) is 0 Å². The van der Waals surface area contributed by atoms with Gasteiger partial charge in [0.15, 0.2) is 0 Å². The van der Waals surface area contributed by atoms with E-state index >= 15 is 0 Å². The number of halogens is 1. The van der Waals surface area contributed by atoms with Gasteiger partial charge in [-0.25, -0.2) is 0 Å². The van der Waals surface area contributed by atoms with Crippen LogP contribution in [0.5, 0.6) is 11.5 Å². The molecule has 1 aromatic carbocycles. The van der Waals surface area contributed by atoms with Gasteiger partial charge in [-0.05, 0) is 31.0 Å². The summed E-state index contributed by atoms with van der Waals surface area (Å²) in [6.07, 6.45) is 6.48. The van der Waals surface area contributed by atoms with Crippen LogP contribution in [0.4, 0.5) is 0 Å². The van der Waals surface area contributed by atoms with E-state index in [1.807, 2.05) is 18.2 Å². The molecule has 0 saturated heterocycles. The number of nitrogens with one attached hydrogen (secondary N) is 2. The number of carbonyl (C=O) groups is 1. The zero-order valence-corrected chi connectivity index (χ0v) is 16.9. The van der Waals surface area contributed by atoms with Crippen molar-refractivity contribution in [1.29, 1.82) is 0 Å². The minimum absolute atomic E-state index is 0. The quantitative estimate of drug-likeness (QED) is 0.692. The standard InChI is InChI=1S/C19H26N2O3S.ClH/c1-23-14-8-9-16-15(12-14)17(24-2)18(25-16)19(22)21-11-10-20-13-6-4-3-5-7-13;/h8-9,12-13,20H,3-7,10-11H2,1-2H3,(H,21,22);1H. The third-order valence-corrected chi connectivity index (χ3v) is 5.86. The van der Waals surface area contributed by atoms with Gasteiger partial charge >= 0.3 is 0 Å². The topological polar surface area (TPSA) is 59.6 Å². The van der Waals surface area contributed by atoms with Gasteiger partial charge in [0.25, 0.3) is 5.91 Å². The summed E-state index contributed by atoms with van der Waals surface area (Å²) in [5, 5.41) is 7.45. The highest BCUT2D eigenvalue weighted by molar-refractivity contribution is 7.21. The summed E-state index contributed by atoms with van der Waals surface area (Å²) in [4.78, 5) is 13.2. The average molecular weight is 399 g/mol. The van der Waals surface area contributed by atoms with Crippen LogP contribution in [0.1, 0.15) is 41.8 Å². The second-order valence-corrected chi connectivity index (χ2v) is 7.42. The van der Waals surface area contributed by atoms with Gasteiger partial charge in [0.1, 0.15) is 16.4 Å². The molecule has 1 aliphatic rings. The number of hydrogen-bond acceptors (Lipinski definition) is 5.